The van der Waals surface area contributed by atoms with Crippen LogP contribution in [0.15, 0.2) is 54.6 Å². The molecule has 4 aromatic rings. The molecule has 0 aliphatic rings. The van der Waals surface area contributed by atoms with Gasteiger partial charge in [-0.25, -0.2) is 0 Å². The van der Waals surface area contributed by atoms with E-state index in [1.165, 1.54) is 19.0 Å². The zero-order valence-corrected chi connectivity index (χ0v) is 19.6. The van der Waals surface area contributed by atoms with Gasteiger partial charge in [-0.1, -0.05) is 35.4 Å². The highest BCUT2D eigenvalue weighted by Gasteiger charge is 2.19. The Hall–Kier alpha value is -3.69. The quantitative estimate of drug-likeness (QED) is 0.405. The van der Waals surface area contributed by atoms with Crippen LogP contribution in [0.3, 0.4) is 0 Å². The van der Waals surface area contributed by atoms with Gasteiger partial charge in [-0.2, -0.15) is 4.80 Å². The number of amides is 1. The number of benzene rings is 3. The summed E-state index contributed by atoms with van der Waals surface area (Å²) in [5, 5.41) is 15.0. The number of carbonyl (C=O) groups is 1. The number of hydrogen-bond acceptors (Lipinski definition) is 6. The third kappa shape index (κ3) is 4.74. The molecule has 8 nitrogen and oxygen atoms in total. The van der Waals surface area contributed by atoms with Gasteiger partial charge in [0, 0.05) is 0 Å². The average molecular weight is 482 g/mol. The number of halogens is 1. The Morgan fingerprint density at radius 1 is 1.00 bits per heavy atom. The van der Waals surface area contributed by atoms with Crippen LogP contribution in [0.5, 0.6) is 11.5 Å². The van der Waals surface area contributed by atoms with Crippen LogP contribution in [0, 0.1) is 6.92 Å². The van der Waals surface area contributed by atoms with E-state index >= 15 is 0 Å². The fourth-order valence-electron chi connectivity index (χ4n) is 3.22. The second-order valence-corrected chi connectivity index (χ2v) is 7.91. The van der Waals surface area contributed by atoms with E-state index in [-0.39, 0.29) is 10.7 Å². The van der Waals surface area contributed by atoms with Crippen molar-refractivity contribution in [2.75, 3.05) is 19.5 Å². The van der Waals surface area contributed by atoms with Crippen molar-refractivity contribution in [2.24, 2.45) is 0 Å². The van der Waals surface area contributed by atoms with E-state index in [4.69, 9.17) is 33.3 Å². The van der Waals surface area contributed by atoms with Crippen molar-refractivity contribution in [3.63, 3.8) is 0 Å². The standard InChI is InChI=1S/C23H20ClN5O3S/c1-13-7-9-14(10-8-13)29-27-17-11-15(24)16(12-18(17)28-29)25-23(33)26-22(30)21-19(31-2)5-4-6-20(21)32-3/h4-12H,1-3H3,(H2,25,26,30,33). The van der Waals surface area contributed by atoms with E-state index in [1.54, 1.807) is 30.3 Å². The van der Waals surface area contributed by atoms with Gasteiger partial charge in [0.1, 0.15) is 28.1 Å². The molecule has 0 saturated carbocycles. The van der Waals surface area contributed by atoms with Crippen molar-refractivity contribution >= 4 is 51.6 Å². The molecule has 1 heterocycles. The highest BCUT2D eigenvalue weighted by Crippen LogP contribution is 2.29. The number of methoxy groups -OCH3 is 2. The molecule has 4 rings (SSSR count). The normalized spacial score (nSPS) is 10.7. The third-order valence-electron chi connectivity index (χ3n) is 4.86. The van der Waals surface area contributed by atoms with Gasteiger partial charge in [0.15, 0.2) is 5.11 Å². The summed E-state index contributed by atoms with van der Waals surface area (Å²) in [7, 11) is 2.95. The topological polar surface area (TPSA) is 90.3 Å². The van der Waals surface area contributed by atoms with Gasteiger partial charge in [0.05, 0.1) is 30.6 Å². The molecule has 10 heteroatoms. The van der Waals surface area contributed by atoms with E-state index in [0.29, 0.717) is 33.2 Å². The molecule has 3 aromatic carbocycles. The Morgan fingerprint density at radius 2 is 1.61 bits per heavy atom. The molecule has 168 valence electrons. The first kappa shape index (κ1) is 22.5. The number of thiocarbonyl (C=S) groups is 1. The lowest BCUT2D eigenvalue weighted by Gasteiger charge is -2.14. The highest BCUT2D eigenvalue weighted by atomic mass is 35.5. The number of nitrogens with zero attached hydrogens (tertiary/aromatic N) is 3. The molecule has 0 bridgehead atoms. The van der Waals surface area contributed by atoms with Gasteiger partial charge in [-0.3, -0.25) is 10.1 Å². The Labute approximate surface area is 200 Å². The first-order valence-electron chi connectivity index (χ1n) is 9.86. The first-order valence-corrected chi connectivity index (χ1v) is 10.6. The molecule has 0 radical (unpaired) electrons. The molecular formula is C23H20ClN5O3S. The molecule has 0 unspecified atom stereocenters. The summed E-state index contributed by atoms with van der Waals surface area (Å²) in [5.41, 5.74) is 3.93. The maximum Gasteiger partial charge on any atom is 0.264 e. The van der Waals surface area contributed by atoms with Crippen LogP contribution in [0.4, 0.5) is 5.69 Å². The summed E-state index contributed by atoms with van der Waals surface area (Å²) in [4.78, 5) is 14.4. The molecule has 1 amide bonds. The van der Waals surface area contributed by atoms with Gasteiger partial charge in [0.25, 0.3) is 5.91 Å². The number of aryl methyl sites for hydroxylation is 1. The van der Waals surface area contributed by atoms with E-state index in [2.05, 4.69) is 20.8 Å². The molecule has 1 aromatic heterocycles. The lowest BCUT2D eigenvalue weighted by atomic mass is 10.1. The van der Waals surface area contributed by atoms with E-state index in [0.717, 1.165) is 11.3 Å². The minimum absolute atomic E-state index is 0.0557. The molecule has 2 N–H and O–H groups in total. The molecule has 33 heavy (non-hydrogen) atoms. The Bertz CT molecular complexity index is 1330. The van der Waals surface area contributed by atoms with Crippen molar-refractivity contribution in [3.8, 4) is 17.2 Å². The maximum absolute atomic E-state index is 12.8. The predicted octanol–water partition coefficient (Wildman–Crippen LogP) is 4.53. The minimum Gasteiger partial charge on any atom is -0.496 e. The third-order valence-corrected chi connectivity index (χ3v) is 5.38. The smallest absolute Gasteiger partial charge is 0.264 e. The molecule has 0 saturated heterocycles. The number of aromatic nitrogens is 3. The SMILES string of the molecule is COc1cccc(OC)c1C(=O)NC(=S)Nc1cc2nn(-c3ccc(C)cc3)nc2cc1Cl. The number of nitrogens with one attached hydrogen (secondary N) is 2. The lowest BCUT2D eigenvalue weighted by Crippen LogP contribution is -2.34. The zero-order chi connectivity index (χ0) is 23.5. The molecule has 0 atom stereocenters. The van der Waals surface area contributed by atoms with E-state index < -0.39 is 5.91 Å². The molecular weight excluding hydrogens is 462 g/mol. The van der Waals surface area contributed by atoms with Crippen molar-refractivity contribution in [2.45, 2.75) is 6.92 Å². The Morgan fingerprint density at radius 3 is 2.21 bits per heavy atom. The van der Waals surface area contributed by atoms with Crippen molar-refractivity contribution in [3.05, 3.63) is 70.7 Å². The fourth-order valence-corrected chi connectivity index (χ4v) is 3.63. The molecule has 0 fully saturated rings. The number of ether oxygens (including phenoxy) is 2. The summed E-state index contributed by atoms with van der Waals surface area (Å²) < 4.78 is 10.6. The van der Waals surface area contributed by atoms with Gasteiger partial charge in [-0.15, -0.1) is 10.2 Å². The van der Waals surface area contributed by atoms with E-state index in [1.807, 2.05) is 31.2 Å². The van der Waals surface area contributed by atoms with Crippen molar-refractivity contribution in [1.82, 2.24) is 20.3 Å². The van der Waals surface area contributed by atoms with Crippen LogP contribution >= 0.6 is 23.8 Å². The number of carbonyl (C=O) groups excluding carboxylic acids is 1. The van der Waals surface area contributed by atoms with Gasteiger partial charge in [0.2, 0.25) is 0 Å². The predicted molar refractivity (Wildman–Crippen MR) is 132 cm³/mol. The minimum atomic E-state index is -0.482. The molecule has 0 spiro atoms. The maximum atomic E-state index is 12.8. The fraction of sp³-hybridized carbons (Fsp3) is 0.130. The van der Waals surface area contributed by atoms with Crippen LogP contribution in [0.1, 0.15) is 15.9 Å². The monoisotopic (exact) mass is 481 g/mol. The van der Waals surface area contributed by atoms with Crippen LogP contribution in [0.2, 0.25) is 5.02 Å². The van der Waals surface area contributed by atoms with Crippen LogP contribution in [0.25, 0.3) is 16.7 Å². The zero-order valence-electron chi connectivity index (χ0n) is 18.0. The number of fused-ring (bicyclic) bond motifs is 1. The van der Waals surface area contributed by atoms with Gasteiger partial charge in [-0.05, 0) is 55.5 Å². The number of rotatable bonds is 5. The van der Waals surface area contributed by atoms with Crippen molar-refractivity contribution < 1.29 is 14.3 Å². The van der Waals surface area contributed by atoms with Gasteiger partial charge < -0.3 is 14.8 Å². The summed E-state index contributed by atoms with van der Waals surface area (Å²) in [6.07, 6.45) is 0. The summed E-state index contributed by atoms with van der Waals surface area (Å²) in [5.74, 6) is 0.243. The number of anilines is 1. The number of hydrogen-bond donors (Lipinski definition) is 2. The summed E-state index contributed by atoms with van der Waals surface area (Å²) in [6.45, 7) is 2.01. The van der Waals surface area contributed by atoms with E-state index in [9.17, 15) is 4.79 Å². The Balaban J connectivity index is 1.55. The summed E-state index contributed by atoms with van der Waals surface area (Å²) in [6, 6.07) is 16.3. The van der Waals surface area contributed by atoms with Crippen LogP contribution < -0.4 is 20.1 Å². The first-order chi connectivity index (χ1) is 15.9. The Kier molecular flexibility index (Phi) is 6.43. The molecule has 0 aliphatic heterocycles. The lowest BCUT2D eigenvalue weighted by molar-refractivity contribution is 0.0971. The molecule has 0 aliphatic carbocycles. The second kappa shape index (κ2) is 9.43. The summed E-state index contributed by atoms with van der Waals surface area (Å²) >= 11 is 11.7. The second-order valence-electron chi connectivity index (χ2n) is 7.09. The largest absolute Gasteiger partial charge is 0.496 e. The average Bonchev–Trinajstić information content (AvgIpc) is 3.21. The van der Waals surface area contributed by atoms with Crippen molar-refractivity contribution in [1.29, 1.82) is 0 Å². The van der Waals surface area contributed by atoms with Crippen LogP contribution in [-0.2, 0) is 0 Å². The highest BCUT2D eigenvalue weighted by molar-refractivity contribution is 7.80. The van der Waals surface area contributed by atoms with Crippen LogP contribution in [-0.4, -0.2) is 40.2 Å². The van der Waals surface area contributed by atoms with Gasteiger partial charge >= 0.3 is 0 Å².